The van der Waals surface area contributed by atoms with Gasteiger partial charge >= 0.3 is 12.1 Å². The monoisotopic (exact) mass is 279 g/mol. The van der Waals surface area contributed by atoms with Gasteiger partial charge in [0.25, 0.3) is 0 Å². The minimum Gasteiger partial charge on any atom is -0.428 e. The van der Waals surface area contributed by atoms with Gasteiger partial charge in [-0.3, -0.25) is 4.79 Å². The van der Waals surface area contributed by atoms with Crippen LogP contribution >= 0.6 is 0 Å². The molecule has 0 amide bonds. The third kappa shape index (κ3) is 4.06. The Kier molecular flexibility index (Phi) is 4.89. The lowest BCUT2D eigenvalue weighted by atomic mass is 9.83. The molecule has 1 atom stereocenters. The second-order valence-corrected chi connectivity index (χ2v) is 5.76. The summed E-state index contributed by atoms with van der Waals surface area (Å²) in [6, 6.07) is 8.96. The van der Waals surface area contributed by atoms with Crippen molar-refractivity contribution in [3.05, 3.63) is 35.9 Å². The highest BCUT2D eigenvalue weighted by Gasteiger charge is 2.37. The van der Waals surface area contributed by atoms with Crippen molar-refractivity contribution in [3.63, 3.8) is 0 Å². The quantitative estimate of drug-likeness (QED) is 0.679. The first-order valence-electron chi connectivity index (χ1n) is 6.40. The van der Waals surface area contributed by atoms with Crippen molar-refractivity contribution in [2.45, 2.75) is 38.7 Å². The Bertz CT molecular complexity index is 478. The molecule has 0 bridgehead atoms. The average molecular weight is 279 g/mol. The predicted molar refractivity (Wildman–Crippen MR) is 75.2 cm³/mol. The molecular formula is C15H21NO4. The molecule has 5 heteroatoms. The van der Waals surface area contributed by atoms with Crippen molar-refractivity contribution in [2.24, 2.45) is 5.73 Å². The van der Waals surface area contributed by atoms with Gasteiger partial charge in [0.15, 0.2) is 0 Å². The molecule has 1 unspecified atom stereocenters. The summed E-state index contributed by atoms with van der Waals surface area (Å²) in [6.45, 7) is 6.74. The molecule has 0 saturated heterocycles. The molecular weight excluding hydrogens is 258 g/mol. The third-order valence-electron chi connectivity index (χ3n) is 2.84. The zero-order valence-electron chi connectivity index (χ0n) is 12.3. The Hall–Kier alpha value is -1.88. The van der Waals surface area contributed by atoms with Crippen molar-refractivity contribution >= 4 is 12.1 Å². The highest BCUT2D eigenvalue weighted by Crippen LogP contribution is 2.24. The molecule has 1 aromatic rings. The van der Waals surface area contributed by atoms with E-state index in [4.69, 9.17) is 15.2 Å². The van der Waals surface area contributed by atoms with Crippen molar-refractivity contribution < 1.29 is 19.1 Å². The molecule has 0 fully saturated rings. The molecule has 110 valence electrons. The molecule has 0 heterocycles. The molecule has 0 radical (unpaired) electrons. The molecule has 0 aliphatic carbocycles. The largest absolute Gasteiger partial charge is 0.516 e. The van der Waals surface area contributed by atoms with Crippen LogP contribution < -0.4 is 5.73 Å². The van der Waals surface area contributed by atoms with Crippen LogP contribution in [0.1, 0.15) is 33.3 Å². The molecule has 0 spiro atoms. The second kappa shape index (κ2) is 6.05. The van der Waals surface area contributed by atoms with Crippen LogP contribution in [0.2, 0.25) is 0 Å². The maximum absolute atomic E-state index is 12.2. The lowest BCUT2D eigenvalue weighted by molar-refractivity contribution is -0.147. The van der Waals surface area contributed by atoms with Gasteiger partial charge in [-0.15, -0.1) is 0 Å². The predicted octanol–water partition coefficient (Wildman–Crippen LogP) is 2.38. The van der Waals surface area contributed by atoms with Crippen molar-refractivity contribution in [1.82, 2.24) is 0 Å². The number of carbonyl (C=O) groups is 2. The van der Waals surface area contributed by atoms with Crippen LogP contribution in [0.4, 0.5) is 4.79 Å². The molecule has 0 aliphatic rings. The van der Waals surface area contributed by atoms with Crippen LogP contribution in [0.5, 0.6) is 0 Å². The first-order valence-corrected chi connectivity index (χ1v) is 6.40. The number of ether oxygens (including phenoxy) is 2. The molecule has 0 aliphatic heterocycles. The van der Waals surface area contributed by atoms with E-state index in [9.17, 15) is 9.59 Å². The topological polar surface area (TPSA) is 78.6 Å². The molecule has 2 N–H and O–H groups in total. The summed E-state index contributed by atoms with van der Waals surface area (Å²) in [5, 5.41) is 0. The van der Waals surface area contributed by atoms with Gasteiger partial charge in [-0.05, 0) is 33.3 Å². The number of hydrogen-bond donors (Lipinski definition) is 1. The van der Waals surface area contributed by atoms with Crippen molar-refractivity contribution in [3.8, 4) is 0 Å². The number of carbonyl (C=O) groups excluding carboxylic acids is 2. The standard InChI is InChI=1S/C15H21NO4/c1-14(2,3)20-13(18)19-12(17)15(4,10-16)11-8-6-5-7-9-11/h5-9H,10,16H2,1-4H3. The fourth-order valence-electron chi connectivity index (χ4n) is 1.58. The zero-order chi connectivity index (χ0) is 15.4. The lowest BCUT2D eigenvalue weighted by Gasteiger charge is -2.26. The summed E-state index contributed by atoms with van der Waals surface area (Å²) >= 11 is 0. The molecule has 0 aromatic heterocycles. The van der Waals surface area contributed by atoms with Gasteiger partial charge in [-0.2, -0.15) is 0 Å². The molecule has 0 saturated carbocycles. The maximum atomic E-state index is 12.2. The van der Waals surface area contributed by atoms with Crippen molar-refractivity contribution in [2.75, 3.05) is 6.54 Å². The van der Waals surface area contributed by atoms with Gasteiger partial charge in [0, 0.05) is 6.54 Å². The van der Waals surface area contributed by atoms with Crippen LogP contribution in [-0.4, -0.2) is 24.3 Å². The Morgan fingerprint density at radius 1 is 1.10 bits per heavy atom. The first kappa shape index (κ1) is 16.2. The van der Waals surface area contributed by atoms with E-state index in [1.807, 2.05) is 6.07 Å². The fraction of sp³-hybridized carbons (Fsp3) is 0.467. The van der Waals surface area contributed by atoms with E-state index in [1.54, 1.807) is 52.0 Å². The Labute approximate surface area is 119 Å². The minimum absolute atomic E-state index is 0.0264. The van der Waals surface area contributed by atoms with Crippen LogP contribution in [-0.2, 0) is 19.7 Å². The smallest absolute Gasteiger partial charge is 0.428 e. The number of benzene rings is 1. The van der Waals surface area contributed by atoms with E-state index in [-0.39, 0.29) is 6.54 Å². The summed E-state index contributed by atoms with van der Waals surface area (Å²) in [7, 11) is 0. The van der Waals surface area contributed by atoms with Crippen LogP contribution in [0.15, 0.2) is 30.3 Å². The molecule has 5 nitrogen and oxygen atoms in total. The minimum atomic E-state index is -1.09. The Balaban J connectivity index is 2.86. The molecule has 1 aromatic carbocycles. The average Bonchev–Trinajstić information content (AvgIpc) is 2.36. The normalized spacial score (nSPS) is 14.2. The van der Waals surface area contributed by atoms with Gasteiger partial charge in [0.2, 0.25) is 0 Å². The van der Waals surface area contributed by atoms with Crippen LogP contribution in [0.25, 0.3) is 0 Å². The van der Waals surface area contributed by atoms with Crippen LogP contribution in [0.3, 0.4) is 0 Å². The maximum Gasteiger partial charge on any atom is 0.516 e. The zero-order valence-corrected chi connectivity index (χ0v) is 12.3. The summed E-state index contributed by atoms with van der Waals surface area (Å²) < 4.78 is 9.72. The number of hydrogen-bond acceptors (Lipinski definition) is 5. The number of esters is 1. The van der Waals surface area contributed by atoms with E-state index in [0.717, 1.165) is 0 Å². The van der Waals surface area contributed by atoms with E-state index >= 15 is 0 Å². The summed E-state index contributed by atoms with van der Waals surface area (Å²) in [5.74, 6) is -0.722. The van der Waals surface area contributed by atoms with E-state index in [1.165, 1.54) is 0 Å². The highest BCUT2D eigenvalue weighted by atomic mass is 16.7. The SMILES string of the molecule is CC(C)(C)OC(=O)OC(=O)C(C)(CN)c1ccccc1. The van der Waals surface area contributed by atoms with Gasteiger partial charge in [0.1, 0.15) is 11.0 Å². The second-order valence-electron chi connectivity index (χ2n) is 5.76. The lowest BCUT2D eigenvalue weighted by Crippen LogP contribution is -2.43. The third-order valence-corrected chi connectivity index (χ3v) is 2.84. The fourth-order valence-corrected chi connectivity index (χ4v) is 1.58. The molecule has 1 rings (SSSR count). The Morgan fingerprint density at radius 3 is 2.10 bits per heavy atom. The number of nitrogens with two attached hydrogens (primary N) is 1. The Morgan fingerprint density at radius 2 is 1.65 bits per heavy atom. The van der Waals surface area contributed by atoms with Crippen LogP contribution in [0, 0.1) is 0 Å². The molecule has 20 heavy (non-hydrogen) atoms. The summed E-state index contributed by atoms with van der Waals surface area (Å²) in [6.07, 6.45) is -1.02. The van der Waals surface area contributed by atoms with E-state index < -0.39 is 23.1 Å². The highest BCUT2D eigenvalue weighted by molar-refractivity contribution is 5.90. The summed E-state index contributed by atoms with van der Waals surface area (Å²) in [4.78, 5) is 23.7. The summed E-state index contributed by atoms with van der Waals surface area (Å²) in [5.41, 5.74) is 4.58. The first-order chi connectivity index (χ1) is 9.19. The van der Waals surface area contributed by atoms with Gasteiger partial charge in [-0.1, -0.05) is 30.3 Å². The van der Waals surface area contributed by atoms with E-state index in [0.29, 0.717) is 5.56 Å². The van der Waals surface area contributed by atoms with E-state index in [2.05, 4.69) is 0 Å². The van der Waals surface area contributed by atoms with Crippen molar-refractivity contribution in [1.29, 1.82) is 0 Å². The van der Waals surface area contributed by atoms with Gasteiger partial charge in [0.05, 0.1) is 0 Å². The van der Waals surface area contributed by atoms with Gasteiger partial charge in [-0.25, -0.2) is 4.79 Å². The van der Waals surface area contributed by atoms with Gasteiger partial charge < -0.3 is 15.2 Å². The number of rotatable bonds is 3.